The Kier molecular flexibility index (Phi) is 10.7. The first-order chi connectivity index (χ1) is 20.5. The molecular formula is C28H33N3O9S3. The molecule has 2 amide bonds. The zero-order valence-electron chi connectivity index (χ0n) is 24.1. The highest BCUT2D eigenvalue weighted by Gasteiger charge is 2.28. The van der Waals surface area contributed by atoms with Gasteiger partial charge in [0.25, 0.3) is 5.91 Å². The molecule has 0 atom stereocenters. The number of rotatable bonds is 11. The van der Waals surface area contributed by atoms with Gasteiger partial charge >= 0.3 is 11.9 Å². The largest absolute Gasteiger partial charge is 0.494 e. The standard InChI is InChI=1S/C28H33N3O9S3/c1-4-39-17-11-12-19-21(13-17)42-28(31(19)14-24(34)40-5-2)30-23(33)16-43(36,37)15-22(32)29-26-25(27(35)38-3)18-9-7-6-8-10-20(18)41-26/h11-13H,4-10,14-16H2,1-3H3,(H,29,32). The molecule has 1 N–H and O–H groups in total. The molecule has 1 aromatic carbocycles. The lowest BCUT2D eigenvalue weighted by molar-refractivity contribution is -0.143. The number of nitrogens with zero attached hydrogens (tertiary/aromatic N) is 2. The normalized spacial score (nSPS) is 13.7. The number of hydrogen-bond acceptors (Lipinski definition) is 11. The van der Waals surface area contributed by atoms with Crippen molar-refractivity contribution in [2.24, 2.45) is 4.99 Å². The highest BCUT2D eigenvalue weighted by atomic mass is 32.2. The van der Waals surface area contributed by atoms with Crippen molar-refractivity contribution in [1.29, 1.82) is 0 Å². The number of amides is 2. The van der Waals surface area contributed by atoms with Crippen molar-refractivity contribution in [3.05, 3.63) is 39.0 Å². The highest BCUT2D eigenvalue weighted by molar-refractivity contribution is 7.92. The zero-order chi connectivity index (χ0) is 31.1. The molecule has 0 spiro atoms. The van der Waals surface area contributed by atoms with Crippen LogP contribution in [0.15, 0.2) is 23.2 Å². The van der Waals surface area contributed by atoms with Crippen molar-refractivity contribution >= 4 is 71.5 Å². The number of esters is 2. The Bertz CT molecular complexity index is 1720. The first kappa shape index (κ1) is 32.4. The molecule has 0 radical (unpaired) electrons. The highest BCUT2D eigenvalue weighted by Crippen LogP contribution is 2.38. The van der Waals surface area contributed by atoms with Crippen LogP contribution in [0.25, 0.3) is 10.2 Å². The van der Waals surface area contributed by atoms with Crippen molar-refractivity contribution < 1.29 is 41.8 Å². The van der Waals surface area contributed by atoms with E-state index in [1.165, 1.54) is 23.0 Å². The topological polar surface area (TPSA) is 159 Å². The molecule has 12 nitrogen and oxygen atoms in total. The second-order valence-corrected chi connectivity index (χ2v) is 13.9. The fourth-order valence-corrected chi connectivity index (χ4v) is 8.16. The van der Waals surface area contributed by atoms with E-state index in [1.807, 2.05) is 6.92 Å². The number of ether oxygens (including phenoxy) is 3. The average molecular weight is 652 g/mol. The van der Waals surface area contributed by atoms with Gasteiger partial charge in [-0.15, -0.1) is 11.3 Å². The van der Waals surface area contributed by atoms with Crippen LogP contribution in [0, 0.1) is 0 Å². The summed E-state index contributed by atoms with van der Waals surface area (Å²) in [6, 6.07) is 5.17. The number of nitrogens with one attached hydrogen (secondary N) is 1. The third kappa shape index (κ3) is 8.09. The van der Waals surface area contributed by atoms with Crippen LogP contribution < -0.4 is 14.9 Å². The third-order valence-corrected chi connectivity index (χ3v) is 10.2. The minimum Gasteiger partial charge on any atom is -0.494 e. The number of fused-ring (bicyclic) bond motifs is 2. The number of methoxy groups -OCH3 is 1. The monoisotopic (exact) mass is 651 g/mol. The molecule has 1 aliphatic carbocycles. The molecule has 2 heterocycles. The molecule has 3 aromatic rings. The van der Waals surface area contributed by atoms with Gasteiger partial charge in [-0.1, -0.05) is 17.8 Å². The number of carbonyl (C=O) groups excluding carboxylic acids is 4. The Morgan fingerprint density at radius 1 is 1.02 bits per heavy atom. The smallest absolute Gasteiger partial charge is 0.341 e. The summed E-state index contributed by atoms with van der Waals surface area (Å²) >= 11 is 2.33. The molecule has 0 aliphatic heterocycles. The third-order valence-electron chi connectivity index (χ3n) is 6.54. The summed E-state index contributed by atoms with van der Waals surface area (Å²) < 4.78 is 43.4. The first-order valence-electron chi connectivity index (χ1n) is 13.8. The minimum atomic E-state index is -4.24. The Labute approximate surface area is 256 Å². The van der Waals surface area contributed by atoms with Crippen LogP contribution in [0.4, 0.5) is 5.00 Å². The molecule has 0 unspecified atom stereocenters. The molecule has 4 rings (SSSR count). The van der Waals surface area contributed by atoms with Crippen molar-refractivity contribution in [3.63, 3.8) is 0 Å². The summed E-state index contributed by atoms with van der Waals surface area (Å²) in [5.41, 5.74) is 1.67. The Morgan fingerprint density at radius 3 is 2.51 bits per heavy atom. The quantitative estimate of drug-likeness (QED) is 0.243. The van der Waals surface area contributed by atoms with Crippen molar-refractivity contribution in [3.8, 4) is 5.75 Å². The van der Waals surface area contributed by atoms with Crippen LogP contribution in [0.5, 0.6) is 5.75 Å². The fraction of sp³-hybridized carbons (Fsp3) is 0.464. The first-order valence-corrected chi connectivity index (χ1v) is 17.2. The maximum Gasteiger partial charge on any atom is 0.341 e. The van der Waals surface area contributed by atoms with E-state index in [1.54, 1.807) is 25.1 Å². The van der Waals surface area contributed by atoms with Gasteiger partial charge in [0.15, 0.2) is 14.6 Å². The number of sulfone groups is 1. The van der Waals surface area contributed by atoms with Gasteiger partial charge in [-0.25, -0.2) is 13.2 Å². The summed E-state index contributed by atoms with van der Waals surface area (Å²) in [5.74, 6) is -4.44. The molecule has 0 fully saturated rings. The van der Waals surface area contributed by atoms with Gasteiger partial charge in [0.05, 0.1) is 36.1 Å². The number of benzene rings is 1. The molecule has 0 saturated carbocycles. The van der Waals surface area contributed by atoms with E-state index in [-0.39, 0.29) is 28.5 Å². The molecule has 2 aromatic heterocycles. The number of carbonyl (C=O) groups is 4. The van der Waals surface area contributed by atoms with Gasteiger partial charge in [0, 0.05) is 4.88 Å². The van der Waals surface area contributed by atoms with E-state index in [4.69, 9.17) is 14.2 Å². The van der Waals surface area contributed by atoms with Crippen LogP contribution in [0.2, 0.25) is 0 Å². The average Bonchev–Trinajstić information content (AvgIpc) is 3.33. The number of aryl methyl sites for hydroxylation is 1. The number of thiophene rings is 1. The number of aromatic nitrogens is 1. The predicted molar refractivity (Wildman–Crippen MR) is 162 cm³/mol. The van der Waals surface area contributed by atoms with Crippen LogP contribution in [0.3, 0.4) is 0 Å². The van der Waals surface area contributed by atoms with Gasteiger partial charge < -0.3 is 24.1 Å². The van der Waals surface area contributed by atoms with Crippen molar-refractivity contribution in [2.75, 3.05) is 37.1 Å². The maximum absolute atomic E-state index is 12.9. The van der Waals surface area contributed by atoms with Crippen LogP contribution >= 0.6 is 22.7 Å². The predicted octanol–water partition coefficient (Wildman–Crippen LogP) is 3.26. The van der Waals surface area contributed by atoms with E-state index in [0.717, 1.165) is 47.5 Å². The summed E-state index contributed by atoms with van der Waals surface area (Å²) in [6.45, 7) is 3.88. The summed E-state index contributed by atoms with van der Waals surface area (Å²) in [5, 5.41) is 2.79. The van der Waals surface area contributed by atoms with Crippen LogP contribution in [-0.4, -0.2) is 68.6 Å². The molecule has 1 aliphatic rings. The lowest BCUT2D eigenvalue weighted by Crippen LogP contribution is -2.29. The Balaban J connectivity index is 1.54. The molecule has 0 saturated heterocycles. The van der Waals surface area contributed by atoms with E-state index in [9.17, 15) is 27.6 Å². The van der Waals surface area contributed by atoms with Crippen LogP contribution in [0.1, 0.15) is 53.9 Å². The van der Waals surface area contributed by atoms with Crippen molar-refractivity contribution in [1.82, 2.24) is 4.57 Å². The number of hydrogen-bond donors (Lipinski definition) is 1. The second-order valence-electron chi connectivity index (χ2n) is 9.68. The molecule has 0 bridgehead atoms. The Morgan fingerprint density at radius 2 is 1.79 bits per heavy atom. The molecular weight excluding hydrogens is 619 g/mol. The van der Waals surface area contributed by atoms with E-state index in [2.05, 4.69) is 10.3 Å². The number of thiazole rings is 1. The second kappa shape index (κ2) is 14.3. The van der Waals surface area contributed by atoms with Gasteiger partial charge in [0.2, 0.25) is 5.91 Å². The lowest BCUT2D eigenvalue weighted by Gasteiger charge is -2.08. The van der Waals surface area contributed by atoms with E-state index in [0.29, 0.717) is 29.0 Å². The molecule has 232 valence electrons. The van der Waals surface area contributed by atoms with E-state index >= 15 is 0 Å². The number of anilines is 1. The zero-order valence-corrected chi connectivity index (χ0v) is 26.5. The van der Waals surface area contributed by atoms with Crippen LogP contribution in [-0.2, 0) is 53.1 Å². The lowest BCUT2D eigenvalue weighted by atomic mass is 10.1. The van der Waals surface area contributed by atoms with Crippen molar-refractivity contribution in [2.45, 2.75) is 52.5 Å². The Hall–Kier alpha value is -3.56. The minimum absolute atomic E-state index is 0.101. The van der Waals surface area contributed by atoms with Gasteiger partial charge in [-0.05, 0) is 63.3 Å². The summed E-state index contributed by atoms with van der Waals surface area (Å²) in [6.07, 6.45) is 4.30. The van der Waals surface area contributed by atoms with Gasteiger partial charge in [-0.2, -0.15) is 4.99 Å². The maximum atomic E-state index is 12.9. The summed E-state index contributed by atoms with van der Waals surface area (Å²) in [7, 11) is -2.99. The SMILES string of the molecule is CCOC(=O)Cn1c(=NC(=O)CS(=O)(=O)CC(=O)Nc2sc3c(c2C(=O)OC)CCCCC3)sc2cc(OCC)ccc21. The molecule has 15 heteroatoms. The van der Waals surface area contributed by atoms with Gasteiger partial charge in [-0.3, -0.25) is 14.4 Å². The fourth-order valence-electron chi connectivity index (χ4n) is 4.77. The summed E-state index contributed by atoms with van der Waals surface area (Å²) in [4.78, 5) is 55.5. The molecule has 43 heavy (non-hydrogen) atoms. The van der Waals surface area contributed by atoms with Gasteiger partial charge in [0.1, 0.15) is 28.8 Å². The van der Waals surface area contributed by atoms with E-state index < -0.39 is 45.1 Å².